The Kier molecular flexibility index (Phi) is 6.26. The van der Waals surface area contributed by atoms with Gasteiger partial charge in [0.15, 0.2) is 0 Å². The molecule has 1 N–H and O–H groups in total. The van der Waals surface area contributed by atoms with Crippen molar-refractivity contribution in [1.29, 1.82) is 0 Å². The number of nitrogens with one attached hydrogen (secondary N) is 1. The Morgan fingerprint density at radius 2 is 1.48 bits per heavy atom. The van der Waals surface area contributed by atoms with E-state index in [0.717, 1.165) is 11.3 Å². The van der Waals surface area contributed by atoms with Crippen LogP contribution in [-0.2, 0) is 10.3 Å². The average molecular weight is 398 g/mol. The average Bonchev–Trinajstić information content (AvgIpc) is 3.00. The number of hydrogen-bond acceptors (Lipinski definition) is 5. The van der Waals surface area contributed by atoms with Crippen LogP contribution < -0.4 is 19.5 Å². The summed E-state index contributed by atoms with van der Waals surface area (Å²) in [4.78, 5) is 26.8. The molecule has 154 valence electrons. The maximum Gasteiger partial charge on any atom is 0.325 e. The van der Waals surface area contributed by atoms with E-state index in [2.05, 4.69) is 5.32 Å². The molecule has 1 aliphatic rings. The molecular weight excluding hydrogens is 372 g/mol. The molecule has 2 aromatic carbocycles. The van der Waals surface area contributed by atoms with Crippen molar-refractivity contribution in [2.75, 3.05) is 26.9 Å². The molecule has 7 heteroatoms. The second-order valence-corrected chi connectivity index (χ2v) is 6.63. The molecule has 0 aromatic heterocycles. The Hall–Kier alpha value is -3.22. The number of ether oxygens (including phenoxy) is 3. The van der Waals surface area contributed by atoms with Crippen molar-refractivity contribution in [3.8, 4) is 17.2 Å². The maximum absolute atomic E-state index is 13.1. The van der Waals surface area contributed by atoms with Crippen LogP contribution in [0.4, 0.5) is 4.79 Å². The molecule has 29 heavy (non-hydrogen) atoms. The summed E-state index contributed by atoms with van der Waals surface area (Å²) in [7, 11) is 1.58. The van der Waals surface area contributed by atoms with Crippen molar-refractivity contribution in [3.63, 3.8) is 0 Å². The van der Waals surface area contributed by atoms with E-state index in [1.807, 2.05) is 26.0 Å². The molecule has 3 amide bonds. The van der Waals surface area contributed by atoms with Crippen LogP contribution in [0.25, 0.3) is 0 Å². The number of hydrogen-bond donors (Lipinski definition) is 1. The first-order chi connectivity index (χ1) is 14.0. The van der Waals surface area contributed by atoms with E-state index >= 15 is 0 Å². The number of nitrogens with zero attached hydrogens (tertiary/aromatic N) is 1. The molecule has 1 heterocycles. The monoisotopic (exact) mass is 398 g/mol. The predicted octanol–water partition coefficient (Wildman–Crippen LogP) is 3.33. The summed E-state index contributed by atoms with van der Waals surface area (Å²) in [6, 6.07) is 14.0. The molecule has 0 saturated carbocycles. The Morgan fingerprint density at radius 1 is 0.897 bits per heavy atom. The van der Waals surface area contributed by atoms with Crippen molar-refractivity contribution >= 4 is 11.9 Å². The van der Waals surface area contributed by atoms with E-state index < -0.39 is 11.6 Å². The molecule has 0 radical (unpaired) electrons. The van der Waals surface area contributed by atoms with Crippen LogP contribution >= 0.6 is 0 Å². The Bertz CT molecular complexity index is 851. The summed E-state index contributed by atoms with van der Waals surface area (Å²) in [5, 5.41) is 2.87. The first-order valence-electron chi connectivity index (χ1n) is 9.68. The summed E-state index contributed by atoms with van der Waals surface area (Å²) in [5.74, 6) is 1.83. The first-order valence-corrected chi connectivity index (χ1v) is 9.68. The van der Waals surface area contributed by atoms with Crippen LogP contribution in [0.1, 0.15) is 25.8 Å². The maximum atomic E-state index is 13.1. The topological polar surface area (TPSA) is 77.1 Å². The molecule has 2 aromatic rings. The lowest BCUT2D eigenvalue weighted by Crippen LogP contribution is -2.43. The normalized spacial score (nSPS) is 18.5. The summed E-state index contributed by atoms with van der Waals surface area (Å²) in [6.45, 7) is 4.76. The molecule has 1 aliphatic heterocycles. The Morgan fingerprint density at radius 3 is 2.03 bits per heavy atom. The van der Waals surface area contributed by atoms with Crippen molar-refractivity contribution < 1.29 is 23.8 Å². The van der Waals surface area contributed by atoms with Crippen molar-refractivity contribution in [1.82, 2.24) is 10.2 Å². The second-order valence-electron chi connectivity index (χ2n) is 6.63. The van der Waals surface area contributed by atoms with Gasteiger partial charge in [0.1, 0.15) is 29.4 Å². The Balaban J connectivity index is 1.65. The van der Waals surface area contributed by atoms with Crippen LogP contribution in [0.15, 0.2) is 48.5 Å². The van der Waals surface area contributed by atoms with Crippen LogP contribution in [0.5, 0.6) is 17.2 Å². The van der Waals surface area contributed by atoms with Gasteiger partial charge in [-0.25, -0.2) is 4.79 Å². The molecular formula is C22H26N2O5. The minimum Gasteiger partial charge on any atom is -0.497 e. The number of methoxy groups -OCH3 is 1. The molecule has 1 atom stereocenters. The highest BCUT2D eigenvalue weighted by Crippen LogP contribution is 2.33. The Labute approximate surface area is 170 Å². The quantitative estimate of drug-likeness (QED) is 0.656. The highest BCUT2D eigenvalue weighted by molar-refractivity contribution is 6.07. The number of carbonyl (C=O) groups excluding carboxylic acids is 2. The van der Waals surface area contributed by atoms with Gasteiger partial charge >= 0.3 is 6.03 Å². The number of urea groups is 1. The number of rotatable bonds is 9. The van der Waals surface area contributed by atoms with Gasteiger partial charge in [0.2, 0.25) is 0 Å². The SMILES string of the molecule is CCOc1ccc(OCCN2C(=O)N[C@@](CC)(c3ccc(OC)cc3)C2=O)cc1. The largest absolute Gasteiger partial charge is 0.497 e. The smallest absolute Gasteiger partial charge is 0.325 e. The van der Waals surface area contributed by atoms with Gasteiger partial charge in [-0.1, -0.05) is 19.1 Å². The third kappa shape index (κ3) is 4.13. The standard InChI is InChI=1S/C22H26N2O5/c1-4-22(16-6-8-17(27-3)9-7-16)20(25)24(21(26)23-22)14-15-29-19-12-10-18(11-13-19)28-5-2/h6-13H,4-5,14-15H2,1-3H3,(H,23,26)/t22-/m0/s1. The van der Waals surface area contributed by atoms with Crippen LogP contribution in [-0.4, -0.2) is 43.7 Å². The van der Waals surface area contributed by atoms with E-state index in [4.69, 9.17) is 14.2 Å². The highest BCUT2D eigenvalue weighted by atomic mass is 16.5. The lowest BCUT2D eigenvalue weighted by molar-refractivity contribution is -0.132. The predicted molar refractivity (Wildman–Crippen MR) is 108 cm³/mol. The van der Waals surface area contributed by atoms with Crippen LogP contribution in [0, 0.1) is 0 Å². The van der Waals surface area contributed by atoms with E-state index in [-0.39, 0.29) is 19.1 Å². The van der Waals surface area contributed by atoms with Crippen LogP contribution in [0.3, 0.4) is 0 Å². The van der Waals surface area contributed by atoms with Crippen molar-refractivity contribution in [2.45, 2.75) is 25.8 Å². The molecule has 1 saturated heterocycles. The third-order valence-corrected chi connectivity index (χ3v) is 5.01. The van der Waals surface area contributed by atoms with Gasteiger partial charge in [-0.15, -0.1) is 0 Å². The van der Waals surface area contributed by atoms with E-state index in [9.17, 15) is 9.59 Å². The van der Waals surface area contributed by atoms with Gasteiger partial charge in [-0.2, -0.15) is 0 Å². The minimum absolute atomic E-state index is 0.162. The van der Waals surface area contributed by atoms with Gasteiger partial charge in [-0.3, -0.25) is 9.69 Å². The third-order valence-electron chi connectivity index (χ3n) is 5.01. The lowest BCUT2D eigenvalue weighted by Gasteiger charge is -2.26. The summed E-state index contributed by atoms with van der Waals surface area (Å²) in [5.41, 5.74) is -0.336. The van der Waals surface area contributed by atoms with Gasteiger partial charge in [0, 0.05) is 0 Å². The van der Waals surface area contributed by atoms with E-state index in [0.29, 0.717) is 24.5 Å². The molecule has 1 fully saturated rings. The molecule has 3 rings (SSSR count). The fraction of sp³-hybridized carbons (Fsp3) is 0.364. The highest BCUT2D eigenvalue weighted by Gasteiger charge is 2.51. The van der Waals surface area contributed by atoms with Gasteiger partial charge in [0.25, 0.3) is 5.91 Å². The number of imide groups is 1. The van der Waals surface area contributed by atoms with Crippen molar-refractivity contribution in [2.24, 2.45) is 0 Å². The van der Waals surface area contributed by atoms with Gasteiger partial charge in [-0.05, 0) is 55.3 Å². The molecule has 0 spiro atoms. The van der Waals surface area contributed by atoms with Gasteiger partial charge in [0.05, 0.1) is 20.3 Å². The van der Waals surface area contributed by atoms with E-state index in [1.54, 1.807) is 43.5 Å². The zero-order valence-electron chi connectivity index (χ0n) is 16.9. The second kappa shape index (κ2) is 8.86. The zero-order valence-corrected chi connectivity index (χ0v) is 16.9. The number of carbonyl (C=O) groups is 2. The molecule has 0 bridgehead atoms. The fourth-order valence-corrected chi connectivity index (χ4v) is 3.40. The minimum atomic E-state index is -1.07. The molecule has 0 aliphatic carbocycles. The summed E-state index contributed by atoms with van der Waals surface area (Å²) >= 11 is 0. The van der Waals surface area contributed by atoms with Crippen molar-refractivity contribution in [3.05, 3.63) is 54.1 Å². The summed E-state index contributed by atoms with van der Waals surface area (Å²) < 4.78 is 16.3. The zero-order chi connectivity index (χ0) is 20.9. The molecule has 0 unspecified atom stereocenters. The first kappa shape index (κ1) is 20.5. The summed E-state index contributed by atoms with van der Waals surface area (Å²) in [6.07, 6.45) is 0.445. The van der Waals surface area contributed by atoms with E-state index in [1.165, 1.54) is 4.90 Å². The molecule has 7 nitrogen and oxygen atoms in total. The van der Waals surface area contributed by atoms with Gasteiger partial charge < -0.3 is 19.5 Å². The van der Waals surface area contributed by atoms with Crippen LogP contribution in [0.2, 0.25) is 0 Å². The number of benzene rings is 2. The number of amides is 3. The lowest BCUT2D eigenvalue weighted by atomic mass is 9.87. The fourth-order valence-electron chi connectivity index (χ4n) is 3.40.